The van der Waals surface area contributed by atoms with Crippen LogP contribution in [0.25, 0.3) is 0 Å². The zero-order valence-corrected chi connectivity index (χ0v) is 14.7. The van der Waals surface area contributed by atoms with E-state index in [1.54, 1.807) is 29.5 Å². The number of thiophene rings is 1. The summed E-state index contributed by atoms with van der Waals surface area (Å²) in [7, 11) is 0. The molecule has 2 N–H and O–H groups in total. The second-order valence-corrected chi connectivity index (χ2v) is 7.15. The van der Waals surface area contributed by atoms with Gasteiger partial charge in [-0.05, 0) is 42.0 Å². The minimum Gasteiger partial charge on any atom is -0.482 e. The van der Waals surface area contributed by atoms with Gasteiger partial charge in [-0.15, -0.1) is 11.3 Å². The Morgan fingerprint density at radius 3 is 3.16 bits per heavy atom. The van der Waals surface area contributed by atoms with Crippen molar-refractivity contribution in [3.05, 3.63) is 40.1 Å². The van der Waals surface area contributed by atoms with Gasteiger partial charge in [-0.1, -0.05) is 6.92 Å². The van der Waals surface area contributed by atoms with E-state index in [4.69, 9.17) is 4.74 Å². The van der Waals surface area contributed by atoms with E-state index < -0.39 is 0 Å². The van der Waals surface area contributed by atoms with Gasteiger partial charge < -0.3 is 20.3 Å². The molecule has 0 radical (unpaired) electrons. The summed E-state index contributed by atoms with van der Waals surface area (Å²) in [5.41, 5.74) is 2.55. The first-order valence-corrected chi connectivity index (χ1v) is 9.24. The number of carbonyl (C=O) groups is 2. The Kier molecular flexibility index (Phi) is 4.09. The average molecular weight is 357 g/mol. The second-order valence-electron chi connectivity index (χ2n) is 6.14. The van der Waals surface area contributed by atoms with Gasteiger partial charge in [0.2, 0.25) is 0 Å². The third-order valence-corrected chi connectivity index (χ3v) is 5.60. The van der Waals surface area contributed by atoms with Gasteiger partial charge >= 0.3 is 6.03 Å². The molecule has 7 heteroatoms. The summed E-state index contributed by atoms with van der Waals surface area (Å²) in [6.45, 7) is 2.82. The molecule has 0 saturated heterocycles. The number of nitrogens with zero attached hydrogens (tertiary/aromatic N) is 1. The van der Waals surface area contributed by atoms with E-state index in [-0.39, 0.29) is 24.6 Å². The minimum absolute atomic E-state index is 0.00460. The number of carbonyl (C=O) groups excluding carboxylic acids is 2. The number of ether oxygens (including phenoxy) is 1. The lowest BCUT2D eigenvalue weighted by Crippen LogP contribution is -2.41. The molecule has 25 heavy (non-hydrogen) atoms. The highest BCUT2D eigenvalue weighted by Gasteiger charge is 2.30. The summed E-state index contributed by atoms with van der Waals surface area (Å²) in [6, 6.07) is 7.39. The molecule has 0 saturated carbocycles. The molecule has 0 aliphatic carbocycles. The van der Waals surface area contributed by atoms with E-state index in [0.29, 0.717) is 17.1 Å². The average Bonchev–Trinajstić information content (AvgIpc) is 3.09. The Bertz CT molecular complexity index is 833. The van der Waals surface area contributed by atoms with Crippen molar-refractivity contribution in [2.75, 3.05) is 23.8 Å². The Balaban J connectivity index is 1.51. The summed E-state index contributed by atoms with van der Waals surface area (Å²) in [5, 5.41) is 7.80. The number of urea groups is 1. The highest BCUT2D eigenvalue weighted by Crippen LogP contribution is 2.36. The molecule has 1 aromatic heterocycles. The van der Waals surface area contributed by atoms with Crippen molar-refractivity contribution in [1.29, 1.82) is 0 Å². The van der Waals surface area contributed by atoms with Crippen molar-refractivity contribution in [2.45, 2.75) is 25.8 Å². The SMILES string of the molecule is CCC1c2ccsc2CCN1C(=O)Nc1ccc2c(c1)OCC(=O)N2. The van der Waals surface area contributed by atoms with Crippen molar-refractivity contribution in [3.8, 4) is 5.75 Å². The lowest BCUT2D eigenvalue weighted by molar-refractivity contribution is -0.118. The summed E-state index contributed by atoms with van der Waals surface area (Å²) in [6.07, 6.45) is 1.78. The predicted octanol–water partition coefficient (Wildman–Crippen LogP) is 3.62. The van der Waals surface area contributed by atoms with E-state index >= 15 is 0 Å². The second kappa shape index (κ2) is 6.40. The fraction of sp³-hybridized carbons (Fsp3) is 0.333. The molecule has 2 aromatic rings. The summed E-state index contributed by atoms with van der Waals surface area (Å²) < 4.78 is 5.41. The molecule has 3 heterocycles. The molecule has 2 aliphatic heterocycles. The first-order valence-electron chi connectivity index (χ1n) is 8.36. The maximum Gasteiger partial charge on any atom is 0.322 e. The molecule has 1 unspecified atom stereocenters. The number of nitrogens with one attached hydrogen (secondary N) is 2. The van der Waals surface area contributed by atoms with Crippen LogP contribution in [0.1, 0.15) is 29.8 Å². The summed E-state index contributed by atoms with van der Waals surface area (Å²) in [5.74, 6) is 0.401. The molecule has 0 spiro atoms. The van der Waals surface area contributed by atoms with Crippen molar-refractivity contribution < 1.29 is 14.3 Å². The zero-order chi connectivity index (χ0) is 17.4. The maximum atomic E-state index is 12.8. The van der Waals surface area contributed by atoms with Gasteiger partial charge in [0.15, 0.2) is 6.61 Å². The van der Waals surface area contributed by atoms with Gasteiger partial charge in [0.25, 0.3) is 5.91 Å². The molecule has 0 fully saturated rings. The first-order chi connectivity index (χ1) is 12.2. The van der Waals surface area contributed by atoms with Gasteiger partial charge in [-0.2, -0.15) is 0 Å². The van der Waals surface area contributed by atoms with E-state index in [0.717, 1.165) is 19.4 Å². The minimum atomic E-state index is -0.171. The smallest absolute Gasteiger partial charge is 0.322 e. The molecule has 1 atom stereocenters. The van der Waals surface area contributed by atoms with Gasteiger partial charge in [0.05, 0.1) is 11.7 Å². The van der Waals surface area contributed by atoms with Gasteiger partial charge in [-0.25, -0.2) is 4.79 Å². The van der Waals surface area contributed by atoms with Crippen LogP contribution in [0.15, 0.2) is 29.6 Å². The molecule has 1 aromatic carbocycles. The normalized spacial score (nSPS) is 18.7. The highest BCUT2D eigenvalue weighted by molar-refractivity contribution is 7.10. The quantitative estimate of drug-likeness (QED) is 0.862. The van der Waals surface area contributed by atoms with Gasteiger partial charge in [0.1, 0.15) is 5.75 Å². The largest absolute Gasteiger partial charge is 0.482 e. The lowest BCUT2D eigenvalue weighted by atomic mass is 9.98. The topological polar surface area (TPSA) is 70.7 Å². The van der Waals surface area contributed by atoms with Crippen molar-refractivity contribution >= 4 is 34.6 Å². The fourth-order valence-corrected chi connectivity index (χ4v) is 4.36. The van der Waals surface area contributed by atoms with Crippen LogP contribution in [0.2, 0.25) is 0 Å². The van der Waals surface area contributed by atoms with E-state index in [2.05, 4.69) is 29.0 Å². The number of benzene rings is 1. The van der Waals surface area contributed by atoms with E-state index in [1.165, 1.54) is 10.4 Å². The molecule has 3 amide bonds. The number of hydrogen-bond acceptors (Lipinski definition) is 4. The van der Waals surface area contributed by atoms with Crippen LogP contribution in [-0.2, 0) is 11.2 Å². The third-order valence-electron chi connectivity index (χ3n) is 4.61. The molecule has 4 rings (SSSR count). The van der Waals surface area contributed by atoms with Crippen molar-refractivity contribution in [2.24, 2.45) is 0 Å². The Labute approximate surface area is 149 Å². The fourth-order valence-electron chi connectivity index (χ4n) is 3.43. The van der Waals surface area contributed by atoms with Crippen molar-refractivity contribution in [1.82, 2.24) is 4.90 Å². The molecular weight excluding hydrogens is 338 g/mol. The zero-order valence-electron chi connectivity index (χ0n) is 13.9. The molecule has 6 nitrogen and oxygen atoms in total. The summed E-state index contributed by atoms with van der Waals surface area (Å²) >= 11 is 1.77. The lowest BCUT2D eigenvalue weighted by Gasteiger charge is -2.35. The number of amides is 3. The highest BCUT2D eigenvalue weighted by atomic mass is 32.1. The Hall–Kier alpha value is -2.54. The number of hydrogen-bond donors (Lipinski definition) is 2. The number of anilines is 2. The van der Waals surface area contributed by atoms with E-state index in [9.17, 15) is 9.59 Å². The monoisotopic (exact) mass is 357 g/mol. The van der Waals surface area contributed by atoms with Crippen LogP contribution >= 0.6 is 11.3 Å². The molecule has 130 valence electrons. The van der Waals surface area contributed by atoms with Crippen LogP contribution in [0.5, 0.6) is 5.75 Å². The standard InChI is InChI=1S/C18H19N3O3S/c1-2-14-12-6-8-25-16(12)5-7-21(14)18(23)19-11-3-4-13-15(9-11)24-10-17(22)20-13/h3-4,6,8-9,14H,2,5,7,10H2,1H3,(H,19,23)(H,20,22). The van der Waals surface area contributed by atoms with Crippen LogP contribution in [0, 0.1) is 0 Å². The summed E-state index contributed by atoms with van der Waals surface area (Å²) in [4.78, 5) is 27.4. The predicted molar refractivity (Wildman–Crippen MR) is 97.3 cm³/mol. The van der Waals surface area contributed by atoms with Crippen LogP contribution in [0.4, 0.5) is 16.2 Å². The number of rotatable bonds is 2. The van der Waals surface area contributed by atoms with Crippen LogP contribution in [-0.4, -0.2) is 30.0 Å². The van der Waals surface area contributed by atoms with Crippen LogP contribution in [0.3, 0.4) is 0 Å². The van der Waals surface area contributed by atoms with E-state index in [1.807, 2.05) is 4.90 Å². The molecule has 0 bridgehead atoms. The molecular formula is C18H19N3O3S. The van der Waals surface area contributed by atoms with Crippen LogP contribution < -0.4 is 15.4 Å². The van der Waals surface area contributed by atoms with Gasteiger partial charge in [0, 0.05) is 23.2 Å². The Morgan fingerprint density at radius 2 is 2.32 bits per heavy atom. The van der Waals surface area contributed by atoms with Crippen molar-refractivity contribution in [3.63, 3.8) is 0 Å². The maximum absolute atomic E-state index is 12.8. The first kappa shape index (κ1) is 16.0. The Morgan fingerprint density at radius 1 is 1.44 bits per heavy atom. The third kappa shape index (κ3) is 2.95. The van der Waals surface area contributed by atoms with Gasteiger partial charge in [-0.3, -0.25) is 4.79 Å². The number of fused-ring (bicyclic) bond motifs is 2. The molecule has 2 aliphatic rings.